The Bertz CT molecular complexity index is 1380. The zero-order valence-corrected chi connectivity index (χ0v) is 46.6. The van der Waals surface area contributed by atoms with E-state index in [2.05, 4.69) is 43.5 Å². The summed E-state index contributed by atoms with van der Waals surface area (Å²) in [6.07, 6.45) is 39.1. The summed E-state index contributed by atoms with van der Waals surface area (Å²) >= 11 is 0. The maximum atomic E-state index is 13.2. The SMILES string of the molecule is CCCCCCC/C=C/CC/C=C/CC/C=C/C(O)C(COC1OC(CO)C(OC2OC(CO)C(O)C(O)C2O)C(O)C1O)NC(=O)CCCCCCCCCCCCCCCCCCCCCCCCCCC. The van der Waals surface area contributed by atoms with Crippen LogP contribution in [0.25, 0.3) is 0 Å². The van der Waals surface area contributed by atoms with Gasteiger partial charge in [-0.3, -0.25) is 4.79 Å². The lowest BCUT2D eigenvalue weighted by molar-refractivity contribution is -0.359. The van der Waals surface area contributed by atoms with Crippen LogP contribution in [-0.4, -0.2) is 140 Å². The Balaban J connectivity index is 1.74. The highest BCUT2D eigenvalue weighted by Crippen LogP contribution is 2.30. The van der Waals surface area contributed by atoms with Gasteiger partial charge in [-0.15, -0.1) is 0 Å². The number of allylic oxidation sites excluding steroid dienone is 5. The number of aliphatic hydroxyl groups is 8. The highest BCUT2D eigenvalue weighted by atomic mass is 16.7. The number of rotatable bonds is 48. The van der Waals surface area contributed by atoms with Crippen molar-refractivity contribution in [1.82, 2.24) is 5.32 Å². The van der Waals surface area contributed by atoms with Crippen molar-refractivity contribution in [2.45, 2.75) is 319 Å². The molecule has 9 N–H and O–H groups in total. The second kappa shape index (κ2) is 46.2. The monoisotopic (exact) mass is 1050 g/mol. The first-order valence-electron chi connectivity index (χ1n) is 30.2. The van der Waals surface area contributed by atoms with E-state index >= 15 is 0 Å². The summed E-state index contributed by atoms with van der Waals surface area (Å²) in [6, 6.07) is -0.935. The van der Waals surface area contributed by atoms with Gasteiger partial charge in [0.2, 0.25) is 5.91 Å². The Labute approximate surface area is 449 Å². The summed E-state index contributed by atoms with van der Waals surface area (Å²) in [5.41, 5.74) is 0. The number of hydrogen-bond acceptors (Lipinski definition) is 13. The summed E-state index contributed by atoms with van der Waals surface area (Å²) in [6.45, 7) is 2.77. The second-order valence-corrected chi connectivity index (χ2v) is 21.5. The van der Waals surface area contributed by atoms with Gasteiger partial charge in [-0.1, -0.05) is 230 Å². The number of unbranched alkanes of at least 4 members (excludes halogenated alkanes) is 31. The minimum Gasteiger partial charge on any atom is -0.394 e. The van der Waals surface area contributed by atoms with Crippen LogP contribution in [0.15, 0.2) is 36.5 Å². The van der Waals surface area contributed by atoms with Gasteiger partial charge in [-0.05, 0) is 44.9 Å². The standard InChI is InChI=1S/C60H111NO13/c1-3-5-7-9-11-13-15-17-19-20-21-22-23-24-25-26-27-28-30-32-34-36-38-40-42-44-52(65)61-48(49(64)43-41-39-37-35-33-31-29-18-16-14-12-10-8-6-4-2)47-71-59-57(70)55(68)58(51(46-63)73-59)74-60-56(69)54(67)53(66)50(45-62)72-60/h16,18,33,35,41,43,48-51,53-60,62-64,66-70H,3-15,17,19-32,34,36-40,42,44-47H2,1-2H3,(H,61,65)/b18-16+,35-33+,43-41+. The molecule has 434 valence electrons. The van der Waals surface area contributed by atoms with Crippen molar-refractivity contribution in [3.05, 3.63) is 36.5 Å². The molecular formula is C60H111NO13. The van der Waals surface area contributed by atoms with Crippen LogP contribution in [0.1, 0.15) is 245 Å². The van der Waals surface area contributed by atoms with Crippen molar-refractivity contribution in [3.63, 3.8) is 0 Å². The molecule has 0 radical (unpaired) electrons. The average molecular weight is 1050 g/mol. The molecule has 0 aromatic heterocycles. The molecule has 2 rings (SSSR count). The van der Waals surface area contributed by atoms with E-state index in [-0.39, 0.29) is 18.9 Å². The molecule has 0 spiro atoms. The van der Waals surface area contributed by atoms with Crippen molar-refractivity contribution in [2.24, 2.45) is 0 Å². The molecule has 1 amide bonds. The predicted molar refractivity (Wildman–Crippen MR) is 295 cm³/mol. The molecule has 2 aliphatic heterocycles. The van der Waals surface area contributed by atoms with Crippen LogP contribution in [0.2, 0.25) is 0 Å². The van der Waals surface area contributed by atoms with E-state index in [1.807, 2.05) is 6.08 Å². The van der Waals surface area contributed by atoms with E-state index in [0.717, 1.165) is 44.9 Å². The molecule has 74 heavy (non-hydrogen) atoms. The zero-order chi connectivity index (χ0) is 53.9. The molecule has 2 heterocycles. The van der Waals surface area contributed by atoms with Gasteiger partial charge >= 0.3 is 0 Å². The largest absolute Gasteiger partial charge is 0.394 e. The van der Waals surface area contributed by atoms with Crippen LogP contribution in [0, 0.1) is 0 Å². The van der Waals surface area contributed by atoms with Gasteiger partial charge in [0.1, 0.15) is 48.8 Å². The molecule has 0 aliphatic carbocycles. The van der Waals surface area contributed by atoms with Crippen LogP contribution in [0.3, 0.4) is 0 Å². The Kier molecular flexibility index (Phi) is 42.6. The van der Waals surface area contributed by atoms with Gasteiger partial charge in [0.25, 0.3) is 0 Å². The van der Waals surface area contributed by atoms with Crippen molar-refractivity contribution in [3.8, 4) is 0 Å². The third kappa shape index (κ3) is 31.6. The van der Waals surface area contributed by atoms with E-state index in [9.17, 15) is 45.6 Å². The van der Waals surface area contributed by atoms with Crippen molar-refractivity contribution < 1.29 is 64.6 Å². The van der Waals surface area contributed by atoms with Gasteiger partial charge in [-0.2, -0.15) is 0 Å². The third-order valence-electron chi connectivity index (χ3n) is 14.8. The Morgan fingerprint density at radius 2 is 0.865 bits per heavy atom. The predicted octanol–water partition coefficient (Wildman–Crippen LogP) is 10.2. The zero-order valence-electron chi connectivity index (χ0n) is 46.6. The number of aliphatic hydroxyl groups excluding tert-OH is 8. The quantitative estimate of drug-likeness (QED) is 0.0204. The van der Waals surface area contributed by atoms with Gasteiger partial charge in [0.15, 0.2) is 12.6 Å². The first-order valence-corrected chi connectivity index (χ1v) is 30.2. The van der Waals surface area contributed by atoms with Gasteiger partial charge in [-0.25, -0.2) is 0 Å². The lowest BCUT2D eigenvalue weighted by atomic mass is 9.97. The third-order valence-corrected chi connectivity index (χ3v) is 14.8. The van der Waals surface area contributed by atoms with Crippen LogP contribution in [0.5, 0.6) is 0 Å². The Morgan fingerprint density at radius 3 is 1.32 bits per heavy atom. The summed E-state index contributed by atoms with van der Waals surface area (Å²) in [7, 11) is 0. The first-order chi connectivity index (χ1) is 36.1. The number of hydrogen-bond donors (Lipinski definition) is 9. The van der Waals surface area contributed by atoms with Crippen molar-refractivity contribution >= 4 is 5.91 Å². The van der Waals surface area contributed by atoms with Gasteiger partial charge in [0.05, 0.1) is 32.0 Å². The van der Waals surface area contributed by atoms with Crippen LogP contribution >= 0.6 is 0 Å². The molecule has 12 atom stereocenters. The summed E-state index contributed by atoms with van der Waals surface area (Å²) in [4.78, 5) is 13.2. The minimum absolute atomic E-state index is 0.250. The van der Waals surface area contributed by atoms with E-state index in [4.69, 9.17) is 18.9 Å². The van der Waals surface area contributed by atoms with Crippen LogP contribution in [0.4, 0.5) is 0 Å². The highest BCUT2D eigenvalue weighted by molar-refractivity contribution is 5.76. The van der Waals surface area contributed by atoms with Gasteiger partial charge in [0, 0.05) is 6.42 Å². The number of nitrogens with one attached hydrogen (secondary N) is 1. The highest BCUT2D eigenvalue weighted by Gasteiger charge is 2.51. The topological polar surface area (TPSA) is 228 Å². The van der Waals surface area contributed by atoms with Crippen molar-refractivity contribution in [2.75, 3.05) is 19.8 Å². The number of ether oxygens (including phenoxy) is 4. The number of amides is 1. The molecule has 14 heteroatoms. The smallest absolute Gasteiger partial charge is 0.220 e. The van der Waals surface area contributed by atoms with E-state index in [0.29, 0.717) is 12.8 Å². The summed E-state index contributed by atoms with van der Waals surface area (Å²) in [5.74, 6) is -0.250. The summed E-state index contributed by atoms with van der Waals surface area (Å²) < 4.78 is 22.7. The fourth-order valence-electron chi connectivity index (χ4n) is 9.91. The maximum absolute atomic E-state index is 13.2. The summed E-state index contributed by atoms with van der Waals surface area (Å²) in [5, 5.41) is 87.0. The molecule has 0 aromatic carbocycles. The Hall–Kier alpha value is -1.79. The molecule has 0 saturated carbocycles. The van der Waals surface area contributed by atoms with E-state index in [1.165, 1.54) is 167 Å². The molecule has 0 aromatic rings. The van der Waals surface area contributed by atoms with E-state index < -0.39 is 86.8 Å². The molecule has 12 unspecified atom stereocenters. The number of carbonyl (C=O) groups excluding carboxylic acids is 1. The lowest BCUT2D eigenvalue weighted by Crippen LogP contribution is -2.65. The average Bonchev–Trinajstić information content (AvgIpc) is 3.40. The lowest BCUT2D eigenvalue weighted by Gasteiger charge is -2.46. The Morgan fingerprint density at radius 1 is 0.473 bits per heavy atom. The molecular weight excluding hydrogens is 943 g/mol. The molecule has 14 nitrogen and oxygen atoms in total. The molecule has 0 bridgehead atoms. The minimum atomic E-state index is -1.79. The molecule has 2 fully saturated rings. The fraction of sp³-hybridized carbons (Fsp3) is 0.883. The molecule has 2 aliphatic rings. The van der Waals surface area contributed by atoms with Crippen LogP contribution < -0.4 is 5.32 Å². The van der Waals surface area contributed by atoms with Crippen LogP contribution in [-0.2, 0) is 23.7 Å². The normalized spacial score (nSPS) is 25.4. The van der Waals surface area contributed by atoms with Crippen molar-refractivity contribution in [1.29, 1.82) is 0 Å². The van der Waals surface area contributed by atoms with E-state index in [1.54, 1.807) is 6.08 Å². The first kappa shape index (κ1) is 68.3. The maximum Gasteiger partial charge on any atom is 0.220 e. The van der Waals surface area contributed by atoms with Gasteiger partial charge < -0.3 is 65.1 Å². The molecule has 2 saturated heterocycles. The second-order valence-electron chi connectivity index (χ2n) is 21.5. The number of carbonyl (C=O) groups is 1. The fourth-order valence-corrected chi connectivity index (χ4v) is 9.91.